The largest absolute Gasteiger partial charge is 0.358 e. The molecule has 1 unspecified atom stereocenters. The van der Waals surface area contributed by atoms with E-state index < -0.39 is 0 Å². The first-order chi connectivity index (χ1) is 19.1. The number of aromatic nitrogens is 1. The van der Waals surface area contributed by atoms with Gasteiger partial charge >= 0.3 is 0 Å². The number of anilines is 3. The molecule has 0 fully saturated rings. The summed E-state index contributed by atoms with van der Waals surface area (Å²) in [4.78, 5) is 7.18. The highest BCUT2D eigenvalue weighted by Gasteiger charge is 2.34. The Balaban J connectivity index is 1.32. The van der Waals surface area contributed by atoms with Gasteiger partial charge in [0.2, 0.25) is 0 Å². The number of para-hydroxylation sites is 1. The van der Waals surface area contributed by atoms with Crippen molar-refractivity contribution in [2.24, 2.45) is 0 Å². The molecule has 6 aromatic rings. The van der Waals surface area contributed by atoms with Crippen molar-refractivity contribution in [3.8, 4) is 22.3 Å². The van der Waals surface area contributed by atoms with E-state index in [0.29, 0.717) is 0 Å². The molecule has 0 bridgehead atoms. The molecular formula is C34H23Br2N3. The molecular weight excluding hydrogens is 610 g/mol. The molecule has 1 atom stereocenters. The van der Waals surface area contributed by atoms with E-state index in [0.717, 1.165) is 42.8 Å². The van der Waals surface area contributed by atoms with Crippen LogP contribution in [0.15, 0.2) is 136 Å². The zero-order valence-electron chi connectivity index (χ0n) is 20.9. The second-order valence-electron chi connectivity index (χ2n) is 9.65. The predicted octanol–water partition coefficient (Wildman–Crippen LogP) is 10.4. The molecule has 39 heavy (non-hydrogen) atoms. The maximum Gasteiger partial charge on any atom is 0.159 e. The van der Waals surface area contributed by atoms with Crippen LogP contribution in [0.3, 0.4) is 0 Å². The molecule has 5 aromatic carbocycles. The van der Waals surface area contributed by atoms with Crippen LogP contribution in [-0.4, -0.2) is 4.98 Å². The Labute approximate surface area is 244 Å². The maximum atomic E-state index is 4.88. The summed E-state index contributed by atoms with van der Waals surface area (Å²) < 4.78 is 2.10. The number of fused-ring (bicyclic) bond motifs is 2. The Morgan fingerprint density at radius 1 is 0.615 bits per heavy atom. The van der Waals surface area contributed by atoms with Crippen molar-refractivity contribution in [2.45, 2.75) is 6.17 Å². The van der Waals surface area contributed by atoms with Gasteiger partial charge in [-0.05, 0) is 75.5 Å². The highest BCUT2D eigenvalue weighted by atomic mass is 79.9. The van der Waals surface area contributed by atoms with Crippen LogP contribution in [0.1, 0.15) is 11.7 Å². The van der Waals surface area contributed by atoms with Crippen LogP contribution in [0.2, 0.25) is 0 Å². The average molecular weight is 633 g/mol. The molecule has 1 aliphatic heterocycles. The summed E-state index contributed by atoms with van der Waals surface area (Å²) in [6.07, 6.45) is 1.82. The van der Waals surface area contributed by atoms with Crippen molar-refractivity contribution >= 4 is 59.8 Å². The van der Waals surface area contributed by atoms with Crippen LogP contribution in [0.4, 0.5) is 17.2 Å². The summed E-state index contributed by atoms with van der Waals surface area (Å²) in [6.45, 7) is 0. The van der Waals surface area contributed by atoms with E-state index in [1.807, 2.05) is 12.3 Å². The number of benzene rings is 5. The first-order valence-electron chi connectivity index (χ1n) is 12.8. The standard InChI is InChI=1S/C34H23Br2N3/c35-28-19-27(20-29(36)21-28)23-10-13-24(14-11-23)33-38-32-31(26-15-12-22-6-4-5-7-25(22)18-26)16-17-37-34(32)39(33)30-8-2-1-3-9-30/h1-21,33,38H. The second-order valence-corrected chi connectivity index (χ2v) is 11.5. The smallest absolute Gasteiger partial charge is 0.159 e. The fraction of sp³-hybridized carbons (Fsp3) is 0.0294. The van der Waals surface area contributed by atoms with Crippen LogP contribution in [0, 0.1) is 0 Å². The number of nitrogens with zero attached hydrogens (tertiary/aromatic N) is 2. The molecule has 5 heteroatoms. The van der Waals surface area contributed by atoms with Gasteiger partial charge in [-0.1, -0.05) is 111 Å². The van der Waals surface area contributed by atoms with E-state index in [2.05, 4.69) is 157 Å². The monoisotopic (exact) mass is 631 g/mol. The Morgan fingerprint density at radius 2 is 1.31 bits per heavy atom. The fourth-order valence-corrected chi connectivity index (χ4v) is 6.66. The van der Waals surface area contributed by atoms with E-state index in [-0.39, 0.29) is 6.17 Å². The second kappa shape index (κ2) is 9.99. The highest BCUT2D eigenvalue weighted by Crippen LogP contribution is 2.49. The molecule has 0 radical (unpaired) electrons. The van der Waals surface area contributed by atoms with Crippen molar-refractivity contribution in [1.82, 2.24) is 4.98 Å². The van der Waals surface area contributed by atoms with E-state index in [1.54, 1.807) is 0 Å². The zero-order chi connectivity index (χ0) is 26.3. The quantitative estimate of drug-likeness (QED) is 0.210. The number of hydrogen-bond acceptors (Lipinski definition) is 3. The lowest BCUT2D eigenvalue weighted by Crippen LogP contribution is -2.23. The number of pyridine rings is 1. The van der Waals surface area contributed by atoms with E-state index in [1.165, 1.54) is 21.9 Å². The minimum atomic E-state index is -0.0974. The van der Waals surface area contributed by atoms with Crippen molar-refractivity contribution in [2.75, 3.05) is 10.2 Å². The summed E-state index contributed by atoms with van der Waals surface area (Å²) in [6, 6.07) is 42.8. The molecule has 188 valence electrons. The lowest BCUT2D eigenvalue weighted by Gasteiger charge is -2.26. The normalized spacial score (nSPS) is 14.3. The van der Waals surface area contributed by atoms with E-state index in [4.69, 9.17) is 4.98 Å². The van der Waals surface area contributed by atoms with Gasteiger partial charge in [-0.15, -0.1) is 0 Å². The number of halogens is 2. The van der Waals surface area contributed by atoms with Crippen molar-refractivity contribution in [1.29, 1.82) is 0 Å². The Bertz CT molecular complexity index is 1800. The van der Waals surface area contributed by atoms with Crippen molar-refractivity contribution in [3.63, 3.8) is 0 Å². The van der Waals surface area contributed by atoms with Crippen LogP contribution in [0.25, 0.3) is 33.0 Å². The van der Waals surface area contributed by atoms with Gasteiger partial charge < -0.3 is 5.32 Å². The van der Waals surface area contributed by atoms with Gasteiger partial charge in [0.05, 0.1) is 5.69 Å². The third-order valence-corrected chi connectivity index (χ3v) is 8.13. The molecule has 2 heterocycles. The number of rotatable bonds is 4. The molecule has 1 aliphatic rings. The van der Waals surface area contributed by atoms with Gasteiger partial charge in [-0.3, -0.25) is 4.90 Å². The van der Waals surface area contributed by atoms with Gasteiger partial charge in [0.1, 0.15) is 6.17 Å². The third kappa shape index (κ3) is 4.52. The van der Waals surface area contributed by atoms with Crippen LogP contribution >= 0.6 is 31.9 Å². The summed E-state index contributed by atoms with van der Waals surface area (Å²) in [5, 5.41) is 6.30. The minimum absolute atomic E-state index is 0.0974. The zero-order valence-corrected chi connectivity index (χ0v) is 24.0. The predicted molar refractivity (Wildman–Crippen MR) is 169 cm³/mol. The molecule has 1 N–H and O–H groups in total. The molecule has 1 aromatic heterocycles. The van der Waals surface area contributed by atoms with E-state index in [9.17, 15) is 0 Å². The van der Waals surface area contributed by atoms with Gasteiger partial charge in [-0.2, -0.15) is 0 Å². The molecule has 0 aliphatic carbocycles. The van der Waals surface area contributed by atoms with E-state index >= 15 is 0 Å². The highest BCUT2D eigenvalue weighted by molar-refractivity contribution is 9.11. The molecule has 0 spiro atoms. The van der Waals surface area contributed by atoms with Gasteiger partial charge in [0.15, 0.2) is 5.82 Å². The van der Waals surface area contributed by atoms with Crippen LogP contribution in [0.5, 0.6) is 0 Å². The Morgan fingerprint density at radius 3 is 2.08 bits per heavy atom. The number of nitrogens with one attached hydrogen (secondary N) is 1. The molecule has 3 nitrogen and oxygen atoms in total. The van der Waals surface area contributed by atoms with Crippen LogP contribution in [-0.2, 0) is 0 Å². The summed E-state index contributed by atoms with van der Waals surface area (Å²) in [7, 11) is 0. The molecule has 0 saturated heterocycles. The third-order valence-electron chi connectivity index (χ3n) is 7.22. The lowest BCUT2D eigenvalue weighted by atomic mass is 10.0. The Kier molecular flexibility index (Phi) is 6.18. The summed E-state index contributed by atoms with van der Waals surface area (Å²) in [5.41, 5.74) is 7.94. The molecule has 0 amide bonds. The van der Waals surface area contributed by atoms with Crippen molar-refractivity contribution in [3.05, 3.63) is 142 Å². The first-order valence-corrected chi connectivity index (χ1v) is 14.4. The van der Waals surface area contributed by atoms with Crippen molar-refractivity contribution < 1.29 is 0 Å². The average Bonchev–Trinajstić information content (AvgIpc) is 3.37. The topological polar surface area (TPSA) is 28.2 Å². The summed E-state index contributed by atoms with van der Waals surface area (Å²) in [5.74, 6) is 0.928. The molecule has 7 rings (SSSR count). The fourth-order valence-electron chi connectivity index (χ4n) is 5.37. The van der Waals surface area contributed by atoms with Crippen LogP contribution < -0.4 is 10.2 Å². The first kappa shape index (κ1) is 24.1. The number of hydrogen-bond donors (Lipinski definition) is 1. The van der Waals surface area contributed by atoms with Gasteiger partial charge in [-0.25, -0.2) is 4.98 Å². The Hall–Kier alpha value is -3.93. The van der Waals surface area contributed by atoms with Gasteiger partial charge in [0, 0.05) is 26.4 Å². The van der Waals surface area contributed by atoms with Gasteiger partial charge in [0.25, 0.3) is 0 Å². The lowest BCUT2D eigenvalue weighted by molar-refractivity contribution is 0.820. The summed E-state index contributed by atoms with van der Waals surface area (Å²) >= 11 is 7.23. The maximum absolute atomic E-state index is 4.88. The molecule has 0 saturated carbocycles. The SMILES string of the molecule is Brc1cc(Br)cc(-c2ccc(C3Nc4c(-c5ccc6ccccc6c5)ccnc4N3c3ccccc3)cc2)c1. The minimum Gasteiger partial charge on any atom is -0.358 e.